The monoisotopic (exact) mass is 211 g/mol. The van der Waals surface area contributed by atoms with E-state index in [1.807, 2.05) is 19.1 Å². The Hall–Kier alpha value is -2.27. The third-order valence-corrected chi connectivity index (χ3v) is 1.79. The molecule has 1 rings (SSSR count). The second-order valence-corrected chi connectivity index (χ2v) is 3.38. The Morgan fingerprint density at radius 2 is 1.88 bits per heavy atom. The lowest BCUT2D eigenvalue weighted by molar-refractivity contribution is 0.447. The van der Waals surface area contributed by atoms with Gasteiger partial charge in [0.1, 0.15) is 11.5 Å². The van der Waals surface area contributed by atoms with E-state index in [4.69, 9.17) is 10.00 Å². The van der Waals surface area contributed by atoms with Gasteiger partial charge in [0.15, 0.2) is 0 Å². The zero-order chi connectivity index (χ0) is 12.0. The molecule has 0 unspecified atom stereocenters. The van der Waals surface area contributed by atoms with Gasteiger partial charge in [0.05, 0.1) is 11.6 Å². The number of hydrogen-bond donors (Lipinski definition) is 0. The van der Waals surface area contributed by atoms with Crippen molar-refractivity contribution in [1.29, 1.82) is 5.26 Å². The van der Waals surface area contributed by atoms with Gasteiger partial charge in [0.25, 0.3) is 0 Å². The van der Waals surface area contributed by atoms with Crippen molar-refractivity contribution >= 4 is 0 Å². The largest absolute Gasteiger partial charge is 0.458 e. The van der Waals surface area contributed by atoms with Crippen molar-refractivity contribution in [2.75, 3.05) is 0 Å². The highest BCUT2D eigenvalue weighted by atomic mass is 16.5. The summed E-state index contributed by atoms with van der Waals surface area (Å²) in [5.41, 5.74) is 1.54. The molecule has 0 fully saturated rings. The maximum Gasteiger partial charge on any atom is 0.127 e. The Kier molecular flexibility index (Phi) is 4.11. The highest BCUT2D eigenvalue weighted by Crippen LogP contribution is 2.14. The lowest BCUT2D eigenvalue weighted by atomic mass is 10.2. The molecule has 0 saturated heterocycles. The number of allylic oxidation sites excluding steroid dienone is 3. The molecular formula is C14H13NO. The SMILES string of the molecule is C=C(C)/C=C\C(=C)Oc1ccc(C#N)cc1. The number of ether oxygens (including phenoxy) is 1. The highest BCUT2D eigenvalue weighted by molar-refractivity contribution is 5.36. The molecule has 0 aliphatic rings. The predicted octanol–water partition coefficient (Wildman–Crippen LogP) is 3.58. The van der Waals surface area contributed by atoms with Crippen molar-refractivity contribution in [1.82, 2.24) is 0 Å². The summed E-state index contributed by atoms with van der Waals surface area (Å²) < 4.78 is 5.43. The van der Waals surface area contributed by atoms with Crippen LogP contribution in [0.15, 0.2) is 60.9 Å². The van der Waals surface area contributed by atoms with Crippen LogP contribution in [0.4, 0.5) is 0 Å². The van der Waals surface area contributed by atoms with E-state index >= 15 is 0 Å². The zero-order valence-electron chi connectivity index (χ0n) is 9.23. The van der Waals surface area contributed by atoms with E-state index < -0.39 is 0 Å². The maximum absolute atomic E-state index is 8.63. The fraction of sp³-hybridized carbons (Fsp3) is 0.0714. The van der Waals surface area contributed by atoms with Gasteiger partial charge in [-0.25, -0.2) is 0 Å². The van der Waals surface area contributed by atoms with Crippen molar-refractivity contribution in [3.63, 3.8) is 0 Å². The number of nitriles is 1. The quantitative estimate of drug-likeness (QED) is 0.563. The molecule has 0 amide bonds. The number of hydrogen-bond acceptors (Lipinski definition) is 2. The minimum absolute atomic E-state index is 0.535. The molecule has 0 spiro atoms. The molecule has 0 bridgehead atoms. The Labute approximate surface area is 95.8 Å². The summed E-state index contributed by atoms with van der Waals surface area (Å²) in [6.07, 6.45) is 3.58. The molecule has 0 radical (unpaired) electrons. The number of rotatable bonds is 4. The fourth-order valence-corrected chi connectivity index (χ4v) is 1.02. The molecule has 0 heterocycles. The standard InChI is InChI=1S/C14H13NO/c1-11(2)4-5-12(3)16-14-8-6-13(10-15)7-9-14/h4-9H,1,3H2,2H3/b5-4-. The van der Waals surface area contributed by atoms with Crippen LogP contribution in [0.2, 0.25) is 0 Å². The van der Waals surface area contributed by atoms with Crippen LogP contribution in [0, 0.1) is 11.3 Å². The smallest absolute Gasteiger partial charge is 0.127 e. The molecular weight excluding hydrogens is 198 g/mol. The molecule has 2 heteroatoms. The van der Waals surface area contributed by atoms with Crippen LogP contribution in [0.1, 0.15) is 12.5 Å². The van der Waals surface area contributed by atoms with Crippen LogP contribution in [-0.4, -0.2) is 0 Å². The number of benzene rings is 1. The van der Waals surface area contributed by atoms with E-state index in [2.05, 4.69) is 13.2 Å². The van der Waals surface area contributed by atoms with Crippen LogP contribution >= 0.6 is 0 Å². The van der Waals surface area contributed by atoms with Crippen LogP contribution in [0.25, 0.3) is 0 Å². The summed E-state index contributed by atoms with van der Waals surface area (Å²) in [4.78, 5) is 0. The Bertz CT molecular complexity index is 461. The molecule has 1 aromatic rings. The number of nitrogens with zero attached hydrogens (tertiary/aromatic N) is 1. The van der Waals surface area contributed by atoms with Crippen LogP contribution < -0.4 is 4.74 Å². The third kappa shape index (κ3) is 3.85. The molecule has 0 aliphatic carbocycles. The first-order valence-corrected chi connectivity index (χ1v) is 4.82. The highest BCUT2D eigenvalue weighted by Gasteiger charge is 1.95. The van der Waals surface area contributed by atoms with Gasteiger partial charge in [-0.2, -0.15) is 5.26 Å². The Balaban J connectivity index is 2.64. The molecule has 0 N–H and O–H groups in total. The van der Waals surface area contributed by atoms with Crippen molar-refractivity contribution in [3.8, 4) is 11.8 Å². The normalized spacial score (nSPS) is 9.75. The minimum atomic E-state index is 0.535. The lowest BCUT2D eigenvalue weighted by Gasteiger charge is -2.04. The van der Waals surface area contributed by atoms with Gasteiger partial charge >= 0.3 is 0 Å². The molecule has 1 aromatic carbocycles. The van der Waals surface area contributed by atoms with Crippen molar-refractivity contribution in [3.05, 3.63) is 66.5 Å². The van der Waals surface area contributed by atoms with Gasteiger partial charge in [0.2, 0.25) is 0 Å². The second-order valence-electron chi connectivity index (χ2n) is 3.38. The lowest BCUT2D eigenvalue weighted by Crippen LogP contribution is -1.90. The minimum Gasteiger partial charge on any atom is -0.458 e. The summed E-state index contributed by atoms with van der Waals surface area (Å²) in [5.74, 6) is 1.20. The zero-order valence-corrected chi connectivity index (χ0v) is 9.23. The predicted molar refractivity (Wildman–Crippen MR) is 64.9 cm³/mol. The van der Waals surface area contributed by atoms with Gasteiger partial charge in [-0.1, -0.05) is 24.8 Å². The summed E-state index contributed by atoms with van der Waals surface area (Å²) >= 11 is 0. The van der Waals surface area contributed by atoms with Gasteiger partial charge in [-0.3, -0.25) is 0 Å². The Morgan fingerprint density at radius 3 is 2.38 bits per heavy atom. The topological polar surface area (TPSA) is 33.0 Å². The first kappa shape index (κ1) is 11.8. The van der Waals surface area contributed by atoms with Gasteiger partial charge in [0, 0.05) is 0 Å². The first-order chi connectivity index (χ1) is 7.61. The average molecular weight is 211 g/mol. The fourth-order valence-electron chi connectivity index (χ4n) is 1.02. The summed E-state index contributed by atoms with van der Waals surface area (Å²) in [6, 6.07) is 8.91. The summed E-state index contributed by atoms with van der Waals surface area (Å²) in [6.45, 7) is 9.38. The van der Waals surface area contributed by atoms with Crippen molar-refractivity contribution < 1.29 is 4.74 Å². The molecule has 0 aliphatic heterocycles. The second kappa shape index (κ2) is 5.57. The molecule has 2 nitrogen and oxygen atoms in total. The molecule has 80 valence electrons. The van der Waals surface area contributed by atoms with E-state index in [1.165, 1.54) is 0 Å². The van der Waals surface area contributed by atoms with E-state index in [0.29, 0.717) is 17.1 Å². The van der Waals surface area contributed by atoms with Crippen molar-refractivity contribution in [2.24, 2.45) is 0 Å². The van der Waals surface area contributed by atoms with Gasteiger partial charge in [-0.15, -0.1) is 0 Å². The van der Waals surface area contributed by atoms with E-state index in [9.17, 15) is 0 Å². The molecule has 0 atom stereocenters. The van der Waals surface area contributed by atoms with E-state index in [-0.39, 0.29) is 0 Å². The van der Waals surface area contributed by atoms with Crippen molar-refractivity contribution in [2.45, 2.75) is 6.92 Å². The van der Waals surface area contributed by atoms with Crippen LogP contribution in [-0.2, 0) is 0 Å². The average Bonchev–Trinajstić information content (AvgIpc) is 2.27. The van der Waals surface area contributed by atoms with Gasteiger partial charge in [-0.05, 0) is 37.3 Å². The Morgan fingerprint density at radius 1 is 1.25 bits per heavy atom. The first-order valence-electron chi connectivity index (χ1n) is 4.82. The molecule has 16 heavy (non-hydrogen) atoms. The maximum atomic E-state index is 8.63. The van der Waals surface area contributed by atoms with Crippen LogP contribution in [0.5, 0.6) is 5.75 Å². The summed E-state index contributed by atoms with van der Waals surface area (Å²) in [5, 5.41) is 8.63. The van der Waals surface area contributed by atoms with Gasteiger partial charge < -0.3 is 4.74 Å². The third-order valence-electron chi connectivity index (χ3n) is 1.79. The summed E-state index contributed by atoms with van der Waals surface area (Å²) in [7, 11) is 0. The molecule has 0 aromatic heterocycles. The van der Waals surface area contributed by atoms with Crippen LogP contribution in [0.3, 0.4) is 0 Å². The molecule has 0 saturated carbocycles. The van der Waals surface area contributed by atoms with E-state index in [1.54, 1.807) is 30.3 Å². The van der Waals surface area contributed by atoms with E-state index in [0.717, 1.165) is 5.57 Å².